The van der Waals surface area contributed by atoms with Crippen molar-refractivity contribution in [3.63, 3.8) is 0 Å². The van der Waals surface area contributed by atoms with E-state index in [2.05, 4.69) is 26.2 Å². The largest absolute Gasteiger partial charge is 0.381 e. The molecule has 1 saturated heterocycles. The highest BCUT2D eigenvalue weighted by Crippen LogP contribution is 2.30. The van der Waals surface area contributed by atoms with Crippen molar-refractivity contribution in [2.24, 2.45) is 18.7 Å². The third kappa shape index (κ3) is 2.21. The Balaban J connectivity index is 2.15. The predicted octanol–water partition coefficient (Wildman–Crippen LogP) is 1.00. The minimum absolute atomic E-state index is 0.0109. The molecule has 5 nitrogen and oxygen atoms in total. The predicted molar refractivity (Wildman–Crippen MR) is 59.2 cm³/mol. The summed E-state index contributed by atoms with van der Waals surface area (Å²) in [6.45, 7) is 1.61. The van der Waals surface area contributed by atoms with Crippen LogP contribution in [0.2, 0.25) is 0 Å². The topological polar surface area (TPSA) is 66.0 Å². The van der Waals surface area contributed by atoms with Gasteiger partial charge < -0.3 is 10.5 Å². The smallest absolute Gasteiger partial charge is 0.153 e. The van der Waals surface area contributed by atoms with Gasteiger partial charge in [-0.3, -0.25) is 0 Å². The van der Waals surface area contributed by atoms with Crippen molar-refractivity contribution in [2.75, 3.05) is 13.2 Å². The van der Waals surface area contributed by atoms with Crippen LogP contribution < -0.4 is 5.73 Å². The molecule has 6 heteroatoms. The van der Waals surface area contributed by atoms with Gasteiger partial charge in [0.05, 0.1) is 11.7 Å². The maximum atomic E-state index is 6.23. The molecule has 0 spiro atoms. The lowest BCUT2D eigenvalue weighted by Gasteiger charge is -2.27. The lowest BCUT2D eigenvalue weighted by molar-refractivity contribution is 0.0574. The minimum Gasteiger partial charge on any atom is -0.381 e. The van der Waals surface area contributed by atoms with Crippen LogP contribution in [0.1, 0.15) is 24.6 Å². The summed E-state index contributed by atoms with van der Waals surface area (Å²) in [5.41, 5.74) is 7.20. The van der Waals surface area contributed by atoms with Gasteiger partial charge in [-0.25, -0.2) is 4.68 Å². The van der Waals surface area contributed by atoms with E-state index < -0.39 is 0 Å². The van der Waals surface area contributed by atoms with Crippen LogP contribution in [-0.2, 0) is 11.8 Å². The maximum Gasteiger partial charge on any atom is 0.153 e. The van der Waals surface area contributed by atoms with Gasteiger partial charge in [0, 0.05) is 20.3 Å². The summed E-state index contributed by atoms with van der Waals surface area (Å²) in [5.74, 6) is 0.465. The van der Waals surface area contributed by atoms with E-state index in [9.17, 15) is 0 Å². The second-order valence-electron chi connectivity index (χ2n) is 3.86. The first kappa shape index (κ1) is 11.0. The lowest BCUT2D eigenvalue weighted by Crippen LogP contribution is -2.29. The molecule has 0 aromatic carbocycles. The van der Waals surface area contributed by atoms with Crippen molar-refractivity contribution in [2.45, 2.75) is 18.9 Å². The van der Waals surface area contributed by atoms with Crippen molar-refractivity contribution in [3.05, 3.63) is 10.3 Å². The third-order valence-corrected chi connectivity index (χ3v) is 3.48. The zero-order valence-corrected chi connectivity index (χ0v) is 10.3. The molecule has 2 heterocycles. The zero-order chi connectivity index (χ0) is 10.8. The average molecular weight is 275 g/mol. The summed E-state index contributed by atoms with van der Waals surface area (Å²) in [4.78, 5) is 0. The molecule has 1 aliphatic rings. The van der Waals surface area contributed by atoms with Crippen LogP contribution in [0.5, 0.6) is 0 Å². The molecule has 84 valence electrons. The summed E-state index contributed by atoms with van der Waals surface area (Å²) < 4.78 is 7.82. The van der Waals surface area contributed by atoms with Gasteiger partial charge in [0.25, 0.3) is 0 Å². The molecule has 1 unspecified atom stereocenters. The highest BCUT2D eigenvalue weighted by Gasteiger charge is 2.26. The van der Waals surface area contributed by atoms with Crippen LogP contribution in [-0.4, -0.2) is 28.2 Å². The third-order valence-electron chi connectivity index (χ3n) is 2.92. The Morgan fingerprint density at radius 3 is 2.73 bits per heavy atom. The maximum absolute atomic E-state index is 6.23. The van der Waals surface area contributed by atoms with Crippen LogP contribution in [0.25, 0.3) is 0 Å². The Kier molecular flexibility index (Phi) is 3.38. The van der Waals surface area contributed by atoms with Gasteiger partial charge in [-0.2, -0.15) is 0 Å². The summed E-state index contributed by atoms with van der Waals surface area (Å²) in [7, 11) is 1.87. The monoisotopic (exact) mass is 274 g/mol. The Morgan fingerprint density at radius 2 is 2.20 bits per heavy atom. The molecule has 1 fully saturated rings. The van der Waals surface area contributed by atoms with Crippen LogP contribution in [0, 0.1) is 5.92 Å². The van der Waals surface area contributed by atoms with Crippen LogP contribution in [0.3, 0.4) is 0 Å². The summed E-state index contributed by atoms with van der Waals surface area (Å²) in [5, 5.41) is 7.89. The number of ether oxygens (including phenoxy) is 1. The molecular weight excluding hydrogens is 260 g/mol. The fraction of sp³-hybridized carbons (Fsp3) is 0.778. The van der Waals surface area contributed by atoms with E-state index >= 15 is 0 Å². The second-order valence-corrected chi connectivity index (χ2v) is 4.62. The molecule has 0 amide bonds. The first-order valence-corrected chi connectivity index (χ1v) is 5.88. The Morgan fingerprint density at radius 1 is 1.53 bits per heavy atom. The van der Waals surface area contributed by atoms with Gasteiger partial charge in [0.1, 0.15) is 0 Å². The number of hydrogen-bond donors (Lipinski definition) is 1. The van der Waals surface area contributed by atoms with Crippen LogP contribution >= 0.6 is 15.9 Å². The van der Waals surface area contributed by atoms with Crippen molar-refractivity contribution in [1.82, 2.24) is 15.0 Å². The van der Waals surface area contributed by atoms with E-state index in [1.165, 1.54) is 0 Å². The van der Waals surface area contributed by atoms with Gasteiger partial charge >= 0.3 is 0 Å². The van der Waals surface area contributed by atoms with Crippen molar-refractivity contribution in [3.8, 4) is 0 Å². The fourth-order valence-corrected chi connectivity index (χ4v) is 2.58. The quantitative estimate of drug-likeness (QED) is 0.874. The number of aromatic nitrogens is 3. The fourth-order valence-electron chi connectivity index (χ4n) is 1.99. The SMILES string of the molecule is Cn1nnc(Br)c1C(N)C1CCOCC1. The number of aryl methyl sites for hydroxylation is 1. The Hall–Kier alpha value is -0.460. The molecule has 0 radical (unpaired) electrons. The Bertz CT molecular complexity index is 315. The van der Waals surface area contributed by atoms with E-state index in [-0.39, 0.29) is 6.04 Å². The standard InChI is InChI=1S/C9H15BrN4O/c1-14-8(9(10)12-13-14)7(11)6-2-4-15-5-3-6/h6-7H,2-5,11H2,1H3. The van der Waals surface area contributed by atoms with Gasteiger partial charge in [-0.15, -0.1) is 5.10 Å². The van der Waals surface area contributed by atoms with Gasteiger partial charge in [-0.1, -0.05) is 5.21 Å². The zero-order valence-electron chi connectivity index (χ0n) is 8.69. The number of nitrogens with zero attached hydrogens (tertiary/aromatic N) is 3. The lowest BCUT2D eigenvalue weighted by atomic mass is 9.90. The Labute approximate surface area is 97.1 Å². The summed E-state index contributed by atoms with van der Waals surface area (Å²) >= 11 is 3.38. The van der Waals surface area contributed by atoms with Crippen molar-refractivity contribution < 1.29 is 4.74 Å². The van der Waals surface area contributed by atoms with Gasteiger partial charge in [0.2, 0.25) is 0 Å². The number of nitrogens with two attached hydrogens (primary N) is 1. The van der Waals surface area contributed by atoms with Crippen LogP contribution in [0.4, 0.5) is 0 Å². The van der Waals surface area contributed by atoms with E-state index in [4.69, 9.17) is 10.5 Å². The molecule has 1 aliphatic heterocycles. The minimum atomic E-state index is -0.0109. The second kappa shape index (κ2) is 4.59. The van der Waals surface area contributed by atoms with E-state index in [1.54, 1.807) is 4.68 Å². The van der Waals surface area contributed by atoms with Crippen molar-refractivity contribution in [1.29, 1.82) is 0 Å². The normalized spacial score (nSPS) is 20.5. The molecule has 15 heavy (non-hydrogen) atoms. The summed E-state index contributed by atoms with van der Waals surface area (Å²) in [6, 6.07) is -0.0109. The summed E-state index contributed by atoms with van der Waals surface area (Å²) in [6.07, 6.45) is 2.03. The first-order chi connectivity index (χ1) is 7.20. The van der Waals surface area contributed by atoms with E-state index in [0.29, 0.717) is 5.92 Å². The molecule has 0 aliphatic carbocycles. The average Bonchev–Trinajstić information content (AvgIpc) is 2.59. The first-order valence-electron chi connectivity index (χ1n) is 5.08. The number of rotatable bonds is 2. The molecular formula is C9H15BrN4O. The van der Waals surface area contributed by atoms with Gasteiger partial charge in [0.15, 0.2) is 4.60 Å². The molecule has 2 rings (SSSR count). The van der Waals surface area contributed by atoms with Gasteiger partial charge in [-0.05, 0) is 34.7 Å². The molecule has 1 atom stereocenters. The molecule has 0 bridgehead atoms. The van der Waals surface area contributed by atoms with E-state index in [0.717, 1.165) is 36.4 Å². The number of hydrogen-bond acceptors (Lipinski definition) is 4. The molecule has 1 aromatic heterocycles. The highest BCUT2D eigenvalue weighted by molar-refractivity contribution is 9.10. The van der Waals surface area contributed by atoms with Crippen LogP contribution in [0.15, 0.2) is 4.60 Å². The molecule has 1 aromatic rings. The number of halogens is 1. The van der Waals surface area contributed by atoms with Crippen molar-refractivity contribution >= 4 is 15.9 Å². The molecule has 2 N–H and O–H groups in total. The van der Waals surface area contributed by atoms with E-state index in [1.807, 2.05) is 7.05 Å². The molecule has 0 saturated carbocycles. The highest BCUT2D eigenvalue weighted by atomic mass is 79.9.